The third-order valence-electron chi connectivity index (χ3n) is 3.65. The molecule has 0 spiro atoms. The highest BCUT2D eigenvalue weighted by Gasteiger charge is 2.07. The molecular weight excluding hydrogens is 284 g/mol. The Morgan fingerprint density at radius 2 is 1.86 bits per heavy atom. The number of hydrogen-bond acceptors (Lipinski definition) is 2. The van der Waals surface area contributed by atoms with Gasteiger partial charge in [-0.2, -0.15) is 0 Å². The van der Waals surface area contributed by atoms with Gasteiger partial charge in [-0.05, 0) is 47.3 Å². The molecule has 0 radical (unpaired) electrons. The van der Waals surface area contributed by atoms with Gasteiger partial charge in [-0.1, -0.05) is 23.7 Å². The van der Waals surface area contributed by atoms with Gasteiger partial charge in [0.1, 0.15) is 12.4 Å². The van der Waals surface area contributed by atoms with Crippen LogP contribution in [-0.4, -0.2) is 4.57 Å². The van der Waals surface area contributed by atoms with Gasteiger partial charge in [0, 0.05) is 24.1 Å². The van der Waals surface area contributed by atoms with Crippen molar-refractivity contribution in [3.63, 3.8) is 0 Å². The Labute approximate surface area is 128 Å². The normalized spacial score (nSPS) is 11.0. The molecule has 3 aromatic rings. The van der Waals surface area contributed by atoms with Crippen molar-refractivity contribution in [2.45, 2.75) is 13.2 Å². The van der Waals surface area contributed by atoms with Crippen molar-refractivity contribution >= 4 is 22.5 Å². The molecule has 21 heavy (non-hydrogen) atoms. The van der Waals surface area contributed by atoms with E-state index >= 15 is 0 Å². The predicted molar refractivity (Wildman–Crippen MR) is 86.6 cm³/mol. The number of benzene rings is 2. The smallest absolute Gasteiger partial charge is 0.128 e. The first kappa shape index (κ1) is 14.0. The summed E-state index contributed by atoms with van der Waals surface area (Å²) in [5, 5.41) is 1.91. The zero-order chi connectivity index (χ0) is 14.8. The maximum Gasteiger partial charge on any atom is 0.128 e. The summed E-state index contributed by atoms with van der Waals surface area (Å²) in [6.45, 7) is 1.07. The molecule has 0 unspecified atom stereocenters. The summed E-state index contributed by atoms with van der Waals surface area (Å²) in [5.41, 5.74) is 9.13. The van der Waals surface area contributed by atoms with Crippen LogP contribution in [0.3, 0.4) is 0 Å². The number of nitrogens with zero attached hydrogens (tertiary/aromatic N) is 1. The highest BCUT2D eigenvalue weighted by molar-refractivity contribution is 6.30. The van der Waals surface area contributed by atoms with Gasteiger partial charge in [0.05, 0.1) is 5.69 Å². The second-order valence-electron chi connectivity index (χ2n) is 5.03. The Bertz CT molecular complexity index is 762. The number of fused-ring (bicyclic) bond motifs is 1. The van der Waals surface area contributed by atoms with Crippen molar-refractivity contribution in [1.82, 2.24) is 4.57 Å². The summed E-state index contributed by atoms with van der Waals surface area (Å²) in [4.78, 5) is 0. The predicted octanol–water partition coefficient (Wildman–Crippen LogP) is 3.87. The van der Waals surface area contributed by atoms with Crippen LogP contribution in [0, 0.1) is 0 Å². The maximum atomic E-state index is 5.87. The molecular formula is C17H17ClN2O. The van der Waals surface area contributed by atoms with Crippen LogP contribution < -0.4 is 10.5 Å². The van der Waals surface area contributed by atoms with Gasteiger partial charge in [0.25, 0.3) is 0 Å². The lowest BCUT2D eigenvalue weighted by molar-refractivity contribution is 0.298. The van der Waals surface area contributed by atoms with E-state index in [9.17, 15) is 0 Å². The fourth-order valence-corrected chi connectivity index (χ4v) is 2.51. The van der Waals surface area contributed by atoms with Gasteiger partial charge in [-0.15, -0.1) is 0 Å². The molecule has 0 aliphatic carbocycles. The van der Waals surface area contributed by atoms with E-state index in [0.29, 0.717) is 18.2 Å². The second-order valence-corrected chi connectivity index (χ2v) is 5.47. The van der Waals surface area contributed by atoms with Crippen LogP contribution in [0.4, 0.5) is 0 Å². The van der Waals surface area contributed by atoms with Crippen LogP contribution >= 0.6 is 11.6 Å². The third kappa shape index (κ3) is 2.89. The fourth-order valence-electron chi connectivity index (χ4n) is 2.39. The van der Waals surface area contributed by atoms with Gasteiger partial charge in [0.15, 0.2) is 0 Å². The molecule has 0 amide bonds. The molecule has 1 aromatic heterocycles. The molecule has 3 rings (SSSR count). The summed E-state index contributed by atoms with van der Waals surface area (Å²) < 4.78 is 7.95. The van der Waals surface area contributed by atoms with Crippen LogP contribution in [0.25, 0.3) is 10.9 Å². The van der Waals surface area contributed by atoms with E-state index in [1.54, 1.807) is 0 Å². The first-order valence-corrected chi connectivity index (χ1v) is 7.21. The molecule has 4 heteroatoms. The summed E-state index contributed by atoms with van der Waals surface area (Å²) in [7, 11) is 2.04. The largest absolute Gasteiger partial charge is 0.487 e. The Hall–Kier alpha value is -1.97. The molecule has 108 valence electrons. The summed E-state index contributed by atoms with van der Waals surface area (Å²) in [6.07, 6.45) is 0. The second kappa shape index (κ2) is 5.80. The Morgan fingerprint density at radius 1 is 1.10 bits per heavy atom. The topological polar surface area (TPSA) is 40.2 Å². The minimum atomic E-state index is 0.519. The van der Waals surface area contributed by atoms with E-state index in [-0.39, 0.29) is 0 Å². The summed E-state index contributed by atoms with van der Waals surface area (Å²) >= 11 is 5.87. The summed E-state index contributed by atoms with van der Waals surface area (Å²) in [6, 6.07) is 15.8. The highest BCUT2D eigenvalue weighted by atomic mass is 35.5. The number of aromatic nitrogens is 1. The van der Waals surface area contributed by atoms with Crippen molar-refractivity contribution in [3.05, 3.63) is 64.8 Å². The quantitative estimate of drug-likeness (QED) is 0.794. The Kier molecular flexibility index (Phi) is 3.86. The maximum absolute atomic E-state index is 5.87. The average molecular weight is 301 g/mol. The van der Waals surface area contributed by atoms with Crippen molar-refractivity contribution in [2.75, 3.05) is 0 Å². The summed E-state index contributed by atoms with van der Waals surface area (Å²) in [5.74, 6) is 0.812. The molecule has 0 saturated carbocycles. The molecule has 2 aromatic carbocycles. The SMILES string of the molecule is Cn1c(COc2ccc(Cl)cc2)cc2ccc(CN)cc21. The van der Waals surface area contributed by atoms with Crippen LogP contribution in [0.15, 0.2) is 48.5 Å². The van der Waals surface area contributed by atoms with Gasteiger partial charge < -0.3 is 15.0 Å². The number of rotatable bonds is 4. The van der Waals surface area contributed by atoms with E-state index in [4.69, 9.17) is 22.1 Å². The van der Waals surface area contributed by atoms with Crippen molar-refractivity contribution in [3.8, 4) is 5.75 Å². The molecule has 0 bridgehead atoms. The van der Waals surface area contributed by atoms with E-state index < -0.39 is 0 Å². The first-order chi connectivity index (χ1) is 10.2. The molecule has 0 fully saturated rings. The van der Waals surface area contributed by atoms with Gasteiger partial charge in [-0.25, -0.2) is 0 Å². The first-order valence-electron chi connectivity index (χ1n) is 6.83. The van der Waals surface area contributed by atoms with E-state index in [0.717, 1.165) is 17.0 Å². The number of aryl methyl sites for hydroxylation is 1. The highest BCUT2D eigenvalue weighted by Crippen LogP contribution is 2.22. The Morgan fingerprint density at radius 3 is 2.57 bits per heavy atom. The standard InChI is InChI=1S/C17H17ClN2O/c1-20-15(11-21-16-6-4-14(18)5-7-16)9-13-3-2-12(10-19)8-17(13)20/h2-9H,10-11,19H2,1H3. The van der Waals surface area contributed by atoms with E-state index in [1.807, 2.05) is 31.3 Å². The molecule has 0 aliphatic heterocycles. The number of hydrogen-bond donors (Lipinski definition) is 1. The minimum Gasteiger partial charge on any atom is -0.487 e. The number of ether oxygens (including phenoxy) is 1. The van der Waals surface area contributed by atoms with Crippen LogP contribution in [0.2, 0.25) is 5.02 Å². The Balaban J connectivity index is 1.83. The van der Waals surface area contributed by atoms with Crippen molar-refractivity contribution in [1.29, 1.82) is 0 Å². The van der Waals surface area contributed by atoms with Crippen LogP contribution in [0.5, 0.6) is 5.75 Å². The zero-order valence-corrected chi connectivity index (χ0v) is 12.6. The lowest BCUT2D eigenvalue weighted by Crippen LogP contribution is -2.02. The van der Waals surface area contributed by atoms with Gasteiger partial charge in [-0.3, -0.25) is 0 Å². The van der Waals surface area contributed by atoms with E-state index in [2.05, 4.69) is 28.8 Å². The molecule has 0 atom stereocenters. The number of halogens is 1. The van der Waals surface area contributed by atoms with Crippen molar-refractivity contribution in [2.24, 2.45) is 12.8 Å². The van der Waals surface area contributed by atoms with Crippen LogP contribution in [0.1, 0.15) is 11.3 Å². The fraction of sp³-hybridized carbons (Fsp3) is 0.176. The van der Waals surface area contributed by atoms with E-state index in [1.165, 1.54) is 10.9 Å². The van der Waals surface area contributed by atoms with Crippen molar-refractivity contribution < 1.29 is 4.74 Å². The molecule has 0 saturated heterocycles. The molecule has 1 heterocycles. The van der Waals surface area contributed by atoms with Gasteiger partial charge >= 0.3 is 0 Å². The zero-order valence-electron chi connectivity index (χ0n) is 11.8. The minimum absolute atomic E-state index is 0.519. The lowest BCUT2D eigenvalue weighted by Gasteiger charge is -2.08. The lowest BCUT2D eigenvalue weighted by atomic mass is 10.1. The molecule has 2 N–H and O–H groups in total. The monoisotopic (exact) mass is 300 g/mol. The number of nitrogens with two attached hydrogens (primary N) is 1. The molecule has 3 nitrogen and oxygen atoms in total. The average Bonchev–Trinajstić information content (AvgIpc) is 2.82. The van der Waals surface area contributed by atoms with Gasteiger partial charge in [0.2, 0.25) is 0 Å². The van der Waals surface area contributed by atoms with Crippen LogP contribution in [-0.2, 0) is 20.2 Å². The molecule has 0 aliphatic rings. The third-order valence-corrected chi connectivity index (χ3v) is 3.90.